The normalized spacial score (nSPS) is 10.8. The van der Waals surface area contributed by atoms with Gasteiger partial charge in [0, 0.05) is 28.1 Å². The molecule has 0 saturated carbocycles. The fourth-order valence-corrected chi connectivity index (χ4v) is 3.89. The quantitative estimate of drug-likeness (QED) is 0.622. The SMILES string of the molecule is CCCn1c(SCC(=O)Nc2ccccc2)nnc1-c1csc(C)c1. The van der Waals surface area contributed by atoms with Gasteiger partial charge in [-0.25, -0.2) is 0 Å². The number of carbonyl (C=O) groups excluding carboxylic acids is 1. The van der Waals surface area contributed by atoms with Gasteiger partial charge in [0.05, 0.1) is 5.75 Å². The van der Waals surface area contributed by atoms with Gasteiger partial charge in [0.1, 0.15) is 0 Å². The maximum Gasteiger partial charge on any atom is 0.234 e. The summed E-state index contributed by atoms with van der Waals surface area (Å²) in [6.07, 6.45) is 0.984. The smallest absolute Gasteiger partial charge is 0.234 e. The Morgan fingerprint density at radius 1 is 1.28 bits per heavy atom. The van der Waals surface area contributed by atoms with E-state index >= 15 is 0 Å². The first-order valence-electron chi connectivity index (χ1n) is 8.13. The summed E-state index contributed by atoms with van der Waals surface area (Å²) in [5.74, 6) is 1.13. The molecule has 2 heterocycles. The molecule has 0 aliphatic heterocycles. The molecule has 5 nitrogen and oxygen atoms in total. The molecule has 0 atom stereocenters. The van der Waals surface area contributed by atoms with Crippen LogP contribution in [0.2, 0.25) is 0 Å². The Morgan fingerprint density at radius 3 is 2.76 bits per heavy atom. The van der Waals surface area contributed by atoms with Crippen LogP contribution in [0.5, 0.6) is 0 Å². The minimum Gasteiger partial charge on any atom is -0.325 e. The number of benzene rings is 1. The highest BCUT2D eigenvalue weighted by Crippen LogP contribution is 2.27. The molecule has 0 bridgehead atoms. The first-order valence-corrected chi connectivity index (χ1v) is 10.0. The van der Waals surface area contributed by atoms with Crippen molar-refractivity contribution in [3.8, 4) is 11.4 Å². The molecule has 3 aromatic rings. The molecule has 1 amide bonds. The van der Waals surface area contributed by atoms with Crippen molar-refractivity contribution < 1.29 is 4.79 Å². The molecule has 0 fully saturated rings. The molecule has 0 spiro atoms. The van der Waals surface area contributed by atoms with Crippen LogP contribution >= 0.6 is 23.1 Å². The van der Waals surface area contributed by atoms with Crippen LogP contribution in [0.3, 0.4) is 0 Å². The van der Waals surface area contributed by atoms with Crippen molar-refractivity contribution in [2.45, 2.75) is 32.0 Å². The zero-order chi connectivity index (χ0) is 17.6. The Morgan fingerprint density at radius 2 is 2.08 bits per heavy atom. The first kappa shape index (κ1) is 17.7. The summed E-state index contributed by atoms with van der Waals surface area (Å²) in [4.78, 5) is 13.4. The van der Waals surface area contributed by atoms with Gasteiger partial charge in [0.2, 0.25) is 5.91 Å². The number of nitrogens with one attached hydrogen (secondary N) is 1. The fraction of sp³-hybridized carbons (Fsp3) is 0.278. The summed E-state index contributed by atoms with van der Waals surface area (Å²) in [5.41, 5.74) is 1.89. The Bertz CT molecular complexity index is 842. The number of nitrogens with zero attached hydrogens (tertiary/aromatic N) is 3. The fourth-order valence-electron chi connectivity index (χ4n) is 2.44. The van der Waals surface area contributed by atoms with Crippen molar-refractivity contribution in [3.05, 3.63) is 46.7 Å². The summed E-state index contributed by atoms with van der Waals surface area (Å²) in [7, 11) is 0. The Hall–Kier alpha value is -2.12. The zero-order valence-electron chi connectivity index (χ0n) is 14.2. The van der Waals surface area contributed by atoms with Gasteiger partial charge >= 0.3 is 0 Å². The van der Waals surface area contributed by atoms with E-state index in [4.69, 9.17) is 0 Å². The van der Waals surface area contributed by atoms with E-state index in [0.29, 0.717) is 5.75 Å². The van der Waals surface area contributed by atoms with Crippen LogP contribution in [0.25, 0.3) is 11.4 Å². The van der Waals surface area contributed by atoms with E-state index in [-0.39, 0.29) is 5.91 Å². The third-order valence-electron chi connectivity index (χ3n) is 3.54. The largest absolute Gasteiger partial charge is 0.325 e. The number of amides is 1. The summed E-state index contributed by atoms with van der Waals surface area (Å²) in [6, 6.07) is 11.6. The van der Waals surface area contributed by atoms with Crippen LogP contribution in [0, 0.1) is 6.92 Å². The molecule has 2 aromatic heterocycles. The van der Waals surface area contributed by atoms with Crippen molar-refractivity contribution in [1.82, 2.24) is 14.8 Å². The number of hydrogen-bond donors (Lipinski definition) is 1. The number of aryl methyl sites for hydroxylation is 1. The number of carbonyl (C=O) groups is 1. The number of hydrogen-bond acceptors (Lipinski definition) is 5. The number of anilines is 1. The van der Waals surface area contributed by atoms with Crippen LogP contribution in [-0.2, 0) is 11.3 Å². The zero-order valence-corrected chi connectivity index (χ0v) is 15.9. The first-order chi connectivity index (χ1) is 12.2. The van der Waals surface area contributed by atoms with E-state index in [2.05, 4.69) is 45.4 Å². The minimum atomic E-state index is -0.0461. The molecule has 130 valence electrons. The van der Waals surface area contributed by atoms with E-state index < -0.39 is 0 Å². The van der Waals surface area contributed by atoms with Gasteiger partial charge in [-0.2, -0.15) is 0 Å². The van der Waals surface area contributed by atoms with Crippen LogP contribution in [0.1, 0.15) is 18.2 Å². The van der Waals surface area contributed by atoms with Gasteiger partial charge in [0.15, 0.2) is 11.0 Å². The van der Waals surface area contributed by atoms with E-state index in [0.717, 1.165) is 35.2 Å². The lowest BCUT2D eigenvalue weighted by atomic mass is 10.3. The third kappa shape index (κ3) is 4.49. The van der Waals surface area contributed by atoms with Crippen molar-refractivity contribution in [1.29, 1.82) is 0 Å². The van der Waals surface area contributed by atoms with Crippen molar-refractivity contribution in [3.63, 3.8) is 0 Å². The standard InChI is InChI=1S/C18H20N4OS2/c1-3-9-22-17(14-10-13(2)24-11-14)20-21-18(22)25-12-16(23)19-15-7-5-4-6-8-15/h4-8,10-11H,3,9,12H2,1-2H3,(H,19,23). The summed E-state index contributed by atoms with van der Waals surface area (Å²) < 4.78 is 2.10. The maximum absolute atomic E-state index is 12.1. The van der Waals surface area contributed by atoms with E-state index in [1.165, 1.54) is 16.6 Å². The van der Waals surface area contributed by atoms with Crippen LogP contribution < -0.4 is 5.32 Å². The van der Waals surface area contributed by atoms with Gasteiger partial charge in [-0.1, -0.05) is 36.9 Å². The minimum absolute atomic E-state index is 0.0461. The molecule has 0 aliphatic rings. The van der Waals surface area contributed by atoms with Crippen molar-refractivity contribution in [2.75, 3.05) is 11.1 Å². The highest BCUT2D eigenvalue weighted by Gasteiger charge is 2.16. The van der Waals surface area contributed by atoms with Crippen molar-refractivity contribution >= 4 is 34.7 Å². The molecule has 0 saturated heterocycles. The molecular formula is C18H20N4OS2. The van der Waals surface area contributed by atoms with E-state index in [9.17, 15) is 4.79 Å². The highest BCUT2D eigenvalue weighted by molar-refractivity contribution is 7.99. The van der Waals surface area contributed by atoms with Gasteiger partial charge in [-0.15, -0.1) is 21.5 Å². The molecule has 3 rings (SSSR count). The number of thioether (sulfide) groups is 1. The van der Waals surface area contributed by atoms with E-state index in [1.54, 1.807) is 11.3 Å². The number of aromatic nitrogens is 3. The number of para-hydroxylation sites is 1. The topological polar surface area (TPSA) is 59.8 Å². The summed E-state index contributed by atoms with van der Waals surface area (Å²) >= 11 is 3.12. The number of rotatable bonds is 7. The van der Waals surface area contributed by atoms with Gasteiger partial charge in [-0.05, 0) is 31.5 Å². The molecule has 1 aromatic carbocycles. The maximum atomic E-state index is 12.1. The van der Waals surface area contributed by atoms with Crippen molar-refractivity contribution in [2.24, 2.45) is 0 Å². The predicted octanol–water partition coefficient (Wildman–Crippen LogP) is 4.46. The molecule has 0 aliphatic carbocycles. The summed E-state index contributed by atoms with van der Waals surface area (Å²) in [6.45, 7) is 5.04. The average Bonchev–Trinajstić information content (AvgIpc) is 3.20. The van der Waals surface area contributed by atoms with Crippen LogP contribution in [-0.4, -0.2) is 26.4 Å². The second kappa shape index (κ2) is 8.31. The lowest BCUT2D eigenvalue weighted by Gasteiger charge is -2.08. The molecule has 0 unspecified atom stereocenters. The third-order valence-corrected chi connectivity index (χ3v) is 5.37. The van der Waals surface area contributed by atoms with Crippen LogP contribution in [0.4, 0.5) is 5.69 Å². The van der Waals surface area contributed by atoms with Gasteiger partial charge < -0.3 is 9.88 Å². The monoisotopic (exact) mass is 372 g/mol. The van der Waals surface area contributed by atoms with Crippen LogP contribution in [0.15, 0.2) is 46.9 Å². The number of thiophene rings is 1. The highest BCUT2D eigenvalue weighted by atomic mass is 32.2. The second-order valence-electron chi connectivity index (χ2n) is 5.61. The Labute approximate surface area is 155 Å². The molecule has 1 N–H and O–H groups in total. The average molecular weight is 373 g/mol. The van der Waals surface area contributed by atoms with Gasteiger partial charge in [0.25, 0.3) is 0 Å². The van der Waals surface area contributed by atoms with Gasteiger partial charge in [-0.3, -0.25) is 4.79 Å². The summed E-state index contributed by atoms with van der Waals surface area (Å²) in [5, 5.41) is 14.4. The van der Waals surface area contributed by atoms with E-state index in [1.807, 2.05) is 30.3 Å². The molecule has 25 heavy (non-hydrogen) atoms. The predicted molar refractivity (Wildman–Crippen MR) is 104 cm³/mol. The molecular weight excluding hydrogens is 352 g/mol. The Kier molecular flexibility index (Phi) is 5.88. The molecule has 7 heteroatoms. The Balaban J connectivity index is 1.69. The second-order valence-corrected chi connectivity index (χ2v) is 7.66. The lowest BCUT2D eigenvalue weighted by molar-refractivity contribution is -0.113. The molecule has 0 radical (unpaired) electrons. The lowest BCUT2D eigenvalue weighted by Crippen LogP contribution is -2.14.